The minimum absolute atomic E-state index is 0. The Kier molecular flexibility index (Phi) is 12.8. The molecule has 0 aliphatic carbocycles. The van der Waals surface area contributed by atoms with E-state index in [-0.39, 0.29) is 34.0 Å². The molecule has 0 rings (SSSR count). The fraction of sp³-hybridized carbons (Fsp3) is 1.00. The normalized spacial score (nSPS) is 9.33. The van der Waals surface area contributed by atoms with Gasteiger partial charge >= 0.3 is 0 Å². The van der Waals surface area contributed by atoms with Gasteiger partial charge in [-0.3, -0.25) is 0 Å². The summed E-state index contributed by atoms with van der Waals surface area (Å²) in [6.45, 7) is 1.84. The average molecular weight is 264 g/mol. The molecule has 4 heteroatoms. The van der Waals surface area contributed by atoms with E-state index in [1.165, 1.54) is 0 Å². The lowest BCUT2D eigenvalue weighted by molar-refractivity contribution is -0.868. The Bertz CT molecular complexity index is 51.4. The summed E-state index contributed by atoms with van der Waals surface area (Å²) in [7, 11) is 6.40. The summed E-state index contributed by atoms with van der Waals surface area (Å²) in [6, 6.07) is 0. The minimum atomic E-state index is 0. The van der Waals surface area contributed by atoms with Crippen LogP contribution in [0.15, 0.2) is 0 Å². The molecule has 0 bridgehead atoms. The van der Waals surface area contributed by atoms with E-state index in [0.29, 0.717) is 0 Å². The van der Waals surface area contributed by atoms with Gasteiger partial charge in [0, 0.05) is 6.54 Å². The summed E-state index contributed by atoms with van der Waals surface area (Å²) in [4.78, 5) is 0. The molecule has 2 N–H and O–H groups in total. The molecule has 0 aromatic heterocycles. The third-order valence-corrected chi connectivity index (χ3v) is 0.800. The van der Waals surface area contributed by atoms with Crippen LogP contribution in [0.5, 0.6) is 0 Å². The van der Waals surface area contributed by atoms with E-state index in [0.717, 1.165) is 17.6 Å². The van der Waals surface area contributed by atoms with Crippen LogP contribution < -0.4 is 22.7 Å². The predicted molar refractivity (Wildman–Crippen MR) is 42.3 cm³/mol. The van der Waals surface area contributed by atoms with Crippen molar-refractivity contribution in [3.8, 4) is 0 Å². The van der Waals surface area contributed by atoms with Gasteiger partial charge in [0.2, 0.25) is 0 Å². The molecule has 0 amide bonds. The van der Waals surface area contributed by atoms with E-state index < -0.39 is 0 Å². The molecule has 60 valence electrons. The van der Waals surface area contributed by atoms with E-state index in [9.17, 15) is 0 Å². The molecule has 0 saturated carbocycles. The zero-order valence-corrected chi connectivity index (χ0v) is 9.52. The Hall–Kier alpha value is 0.880. The monoisotopic (exact) mass is 262 g/mol. The van der Waals surface area contributed by atoms with Crippen molar-refractivity contribution in [2.24, 2.45) is 5.73 Å². The number of quaternary nitrogens is 1. The average Bonchev–Trinajstić information content (AvgIpc) is 1.30. The lowest BCUT2D eigenvalue weighted by atomic mass is 10.5. The van der Waals surface area contributed by atoms with E-state index in [4.69, 9.17) is 5.73 Å². The molecule has 0 aromatic rings. The maximum absolute atomic E-state index is 5.30. The van der Waals surface area contributed by atoms with Crippen LogP contribution in [0.3, 0.4) is 0 Å². The summed E-state index contributed by atoms with van der Waals surface area (Å²) in [5.41, 5.74) is 5.30. The maximum Gasteiger partial charge on any atom is 0.0905 e. The van der Waals surface area contributed by atoms with Crippen molar-refractivity contribution in [2.45, 2.75) is 0 Å². The van der Waals surface area contributed by atoms with Crippen LogP contribution in [0.4, 0.5) is 0 Å². The smallest absolute Gasteiger partial charge is 0.0905 e. The van der Waals surface area contributed by atoms with Crippen molar-refractivity contribution < 1.29 is 21.5 Å². The molecule has 0 heterocycles. The first-order chi connectivity index (χ1) is 3.06. The van der Waals surface area contributed by atoms with E-state index >= 15 is 0 Å². The Morgan fingerprint density at radius 2 is 1.56 bits per heavy atom. The van der Waals surface area contributed by atoms with Gasteiger partial charge in [-0.25, -0.2) is 0 Å². The third-order valence-electron chi connectivity index (χ3n) is 0.800. The maximum atomic E-state index is 5.30. The van der Waals surface area contributed by atoms with Crippen molar-refractivity contribution in [1.29, 1.82) is 0 Å². The molecule has 0 saturated heterocycles. The molecule has 0 fully saturated rings. The summed E-state index contributed by atoms with van der Waals surface area (Å²) in [6.07, 6.45) is 0. The largest absolute Gasteiger partial charge is 1.00 e. The second-order valence-electron chi connectivity index (χ2n) is 2.80. The van der Waals surface area contributed by atoms with Crippen LogP contribution >= 0.6 is 17.0 Å². The van der Waals surface area contributed by atoms with Crippen LogP contribution in [0.25, 0.3) is 0 Å². The number of likely N-dealkylation sites (N-methyl/N-ethyl adjacent to an activating group) is 1. The summed E-state index contributed by atoms with van der Waals surface area (Å²) in [5.74, 6) is 0. The fourth-order valence-electron chi connectivity index (χ4n) is 0.387. The van der Waals surface area contributed by atoms with Crippen molar-refractivity contribution in [3.05, 3.63) is 0 Å². The summed E-state index contributed by atoms with van der Waals surface area (Å²) >= 11 is 0. The van der Waals surface area contributed by atoms with Gasteiger partial charge in [0.15, 0.2) is 0 Å². The Balaban J connectivity index is -0.000000180. The number of hydrogen-bond donors (Lipinski definition) is 1. The molecule has 9 heavy (non-hydrogen) atoms. The zero-order chi connectivity index (χ0) is 5.91. The highest BCUT2D eigenvalue weighted by Gasteiger charge is 2.01. The second-order valence-corrected chi connectivity index (χ2v) is 2.80. The van der Waals surface area contributed by atoms with E-state index in [2.05, 4.69) is 21.1 Å². The molecule has 2 nitrogen and oxygen atoms in total. The van der Waals surface area contributed by atoms with Crippen LogP contribution in [-0.2, 0) is 0 Å². The molecule has 0 aliphatic heterocycles. The van der Waals surface area contributed by atoms with Gasteiger partial charge in [0.05, 0.1) is 27.7 Å². The van der Waals surface area contributed by atoms with Crippen LogP contribution in [-0.4, -0.2) is 38.7 Å². The second kappa shape index (κ2) is 6.99. The van der Waals surface area contributed by atoms with E-state index in [1.54, 1.807) is 0 Å². The number of rotatable bonds is 2. The van der Waals surface area contributed by atoms with Crippen LogP contribution in [0.2, 0.25) is 0 Å². The topological polar surface area (TPSA) is 26.0 Å². The minimum Gasteiger partial charge on any atom is -1.00 e. The summed E-state index contributed by atoms with van der Waals surface area (Å²) < 4.78 is 0.969. The molecule has 0 radical (unpaired) electrons. The highest BCUT2D eigenvalue weighted by atomic mass is 79.9. The zero-order valence-electron chi connectivity index (χ0n) is 6.22. The highest BCUT2D eigenvalue weighted by Crippen LogP contribution is 1.83. The number of hydrogen-bond acceptors (Lipinski definition) is 1. The van der Waals surface area contributed by atoms with Crippen molar-refractivity contribution >= 4 is 17.0 Å². The summed E-state index contributed by atoms with van der Waals surface area (Å²) in [5, 5.41) is 0. The predicted octanol–water partition coefficient (Wildman–Crippen LogP) is -2.77. The van der Waals surface area contributed by atoms with Crippen molar-refractivity contribution in [3.63, 3.8) is 0 Å². The quantitative estimate of drug-likeness (QED) is 0.537. The Morgan fingerprint density at radius 3 is 1.56 bits per heavy atom. The first kappa shape index (κ1) is 16.5. The molecular formula is C5H16Br2N2. The molecular weight excluding hydrogens is 248 g/mol. The van der Waals surface area contributed by atoms with Gasteiger partial charge in [-0.05, 0) is 0 Å². The number of nitrogens with two attached hydrogens (primary N) is 1. The molecule has 0 spiro atoms. The van der Waals surface area contributed by atoms with Gasteiger partial charge in [-0.1, -0.05) is 0 Å². The number of halogens is 2. The van der Waals surface area contributed by atoms with Crippen molar-refractivity contribution in [2.75, 3.05) is 34.2 Å². The molecule has 0 aliphatic rings. The van der Waals surface area contributed by atoms with Gasteiger partial charge in [0.1, 0.15) is 0 Å². The van der Waals surface area contributed by atoms with Gasteiger partial charge < -0.3 is 27.2 Å². The first-order valence-electron chi connectivity index (χ1n) is 2.57. The Morgan fingerprint density at radius 1 is 1.22 bits per heavy atom. The van der Waals surface area contributed by atoms with Crippen LogP contribution in [0, 0.1) is 0 Å². The third kappa shape index (κ3) is 17.7. The first-order valence-corrected chi connectivity index (χ1v) is 2.57. The SMILES string of the molecule is Br.C[N+](C)(C)CCN.[Br-]. The van der Waals surface area contributed by atoms with E-state index in [1.807, 2.05) is 0 Å². The molecule has 0 unspecified atom stereocenters. The Labute approximate surface area is 78.5 Å². The molecule has 0 atom stereocenters. The standard InChI is InChI=1S/C5H15N2.2BrH/c1-7(2,3)5-4-6;;/h4-6H2,1-3H3;2*1H/q+1;;/p-1. The highest BCUT2D eigenvalue weighted by molar-refractivity contribution is 8.93. The van der Waals surface area contributed by atoms with Crippen LogP contribution in [0.1, 0.15) is 0 Å². The lowest BCUT2D eigenvalue weighted by Crippen LogP contribution is -3.00. The number of nitrogens with zero attached hydrogens (tertiary/aromatic N) is 1. The van der Waals surface area contributed by atoms with Gasteiger partial charge in [-0.15, -0.1) is 17.0 Å². The fourth-order valence-corrected chi connectivity index (χ4v) is 0.387. The van der Waals surface area contributed by atoms with Crippen molar-refractivity contribution in [1.82, 2.24) is 0 Å². The van der Waals surface area contributed by atoms with Gasteiger partial charge in [-0.2, -0.15) is 0 Å². The van der Waals surface area contributed by atoms with Gasteiger partial charge in [0.25, 0.3) is 0 Å². The molecule has 0 aromatic carbocycles. The lowest BCUT2D eigenvalue weighted by Gasteiger charge is -2.22.